The summed E-state index contributed by atoms with van der Waals surface area (Å²) in [5, 5.41) is 0. The maximum atomic E-state index is 9.72. The third-order valence-corrected chi connectivity index (χ3v) is 2.44. The van der Waals surface area contributed by atoms with E-state index in [0.717, 1.165) is 12.8 Å². The summed E-state index contributed by atoms with van der Waals surface area (Å²) >= 11 is 0. The van der Waals surface area contributed by atoms with Gasteiger partial charge in [-0.1, -0.05) is 58.3 Å². The molecule has 0 aromatic carbocycles. The molecule has 0 amide bonds. The normalized spacial score (nSPS) is 10.2. The fourth-order valence-corrected chi connectivity index (χ4v) is 1.55. The van der Waals surface area contributed by atoms with Crippen molar-refractivity contribution in [1.29, 1.82) is 0 Å². The van der Waals surface area contributed by atoms with Crippen LogP contribution in [0.2, 0.25) is 0 Å². The molecule has 0 atom stereocenters. The monoisotopic (exact) mass is 216 g/mol. The highest BCUT2D eigenvalue weighted by Gasteiger charge is 1.92. The van der Waals surface area contributed by atoms with Gasteiger partial charge in [-0.2, -0.15) is 4.89 Å². The van der Waals surface area contributed by atoms with Gasteiger partial charge in [0.05, 0.1) is 6.61 Å². The lowest BCUT2D eigenvalue weighted by molar-refractivity contribution is -0.259. The van der Waals surface area contributed by atoms with E-state index in [1.807, 2.05) is 0 Å². The molecule has 90 valence electrons. The van der Waals surface area contributed by atoms with Gasteiger partial charge in [-0.05, 0) is 6.42 Å². The van der Waals surface area contributed by atoms with Crippen LogP contribution in [0.4, 0.5) is 0 Å². The van der Waals surface area contributed by atoms with Crippen molar-refractivity contribution >= 4 is 6.47 Å². The fourth-order valence-electron chi connectivity index (χ4n) is 1.55. The Bertz CT molecular complexity index is 126. The van der Waals surface area contributed by atoms with Gasteiger partial charge in [0.15, 0.2) is 0 Å². The number of carbonyl (C=O) groups excluding carboxylic acids is 1. The SMILES string of the molecule is CCCCCCCCCCCOOC=O. The zero-order valence-electron chi connectivity index (χ0n) is 9.87. The van der Waals surface area contributed by atoms with Crippen molar-refractivity contribution in [2.75, 3.05) is 6.61 Å². The molecule has 3 heteroatoms. The average Bonchev–Trinajstić information content (AvgIpc) is 2.26. The standard InChI is InChI=1S/C12H24O3/c1-2-3-4-5-6-7-8-9-10-11-14-15-12-13/h12H,2-11H2,1H3. The van der Waals surface area contributed by atoms with E-state index in [-0.39, 0.29) is 0 Å². The molecule has 0 aliphatic heterocycles. The first-order chi connectivity index (χ1) is 7.41. The van der Waals surface area contributed by atoms with Gasteiger partial charge < -0.3 is 4.89 Å². The Morgan fingerprint density at radius 1 is 0.867 bits per heavy atom. The molecule has 0 fully saturated rings. The lowest BCUT2D eigenvalue weighted by atomic mass is 10.1. The fraction of sp³-hybridized carbons (Fsp3) is 0.917. The third kappa shape index (κ3) is 13.4. The molecule has 0 radical (unpaired) electrons. The average molecular weight is 216 g/mol. The number of hydrogen-bond acceptors (Lipinski definition) is 3. The van der Waals surface area contributed by atoms with Crippen LogP contribution < -0.4 is 0 Å². The van der Waals surface area contributed by atoms with E-state index >= 15 is 0 Å². The highest BCUT2D eigenvalue weighted by molar-refractivity contribution is 5.35. The lowest BCUT2D eigenvalue weighted by Crippen LogP contribution is -1.94. The summed E-state index contributed by atoms with van der Waals surface area (Å²) in [6.45, 7) is 3.07. The van der Waals surface area contributed by atoms with Gasteiger partial charge in [0.25, 0.3) is 0 Å². The van der Waals surface area contributed by atoms with Crippen molar-refractivity contribution in [3.05, 3.63) is 0 Å². The van der Waals surface area contributed by atoms with Crippen molar-refractivity contribution < 1.29 is 14.6 Å². The summed E-state index contributed by atoms with van der Waals surface area (Å²) in [7, 11) is 0. The van der Waals surface area contributed by atoms with E-state index in [9.17, 15) is 4.79 Å². The molecule has 0 rings (SSSR count). The molecule has 0 aromatic rings. The molecule has 0 aliphatic carbocycles. The minimum absolute atomic E-state index is 0.313. The van der Waals surface area contributed by atoms with Crippen molar-refractivity contribution in [1.82, 2.24) is 0 Å². The summed E-state index contributed by atoms with van der Waals surface area (Å²) in [6.07, 6.45) is 11.5. The van der Waals surface area contributed by atoms with Crippen LogP contribution in [0.3, 0.4) is 0 Å². The Hall–Kier alpha value is -0.570. The van der Waals surface area contributed by atoms with Crippen LogP contribution in [0, 0.1) is 0 Å². The van der Waals surface area contributed by atoms with Crippen molar-refractivity contribution in [2.45, 2.75) is 64.7 Å². The van der Waals surface area contributed by atoms with Crippen LogP contribution in [0.25, 0.3) is 0 Å². The predicted molar refractivity (Wildman–Crippen MR) is 60.3 cm³/mol. The maximum Gasteiger partial charge on any atom is 0.330 e. The van der Waals surface area contributed by atoms with E-state index in [2.05, 4.69) is 16.7 Å². The van der Waals surface area contributed by atoms with E-state index in [4.69, 9.17) is 0 Å². The van der Waals surface area contributed by atoms with Gasteiger partial charge in [0, 0.05) is 0 Å². The summed E-state index contributed by atoms with van der Waals surface area (Å²) in [4.78, 5) is 18.4. The molecule has 0 spiro atoms. The molecular formula is C12H24O3. The number of unbranched alkanes of at least 4 members (excludes halogenated alkanes) is 8. The van der Waals surface area contributed by atoms with Gasteiger partial charge in [-0.25, -0.2) is 0 Å². The maximum absolute atomic E-state index is 9.72. The van der Waals surface area contributed by atoms with Gasteiger partial charge in [0.1, 0.15) is 0 Å². The summed E-state index contributed by atoms with van der Waals surface area (Å²) in [5.74, 6) is 0. The topological polar surface area (TPSA) is 35.5 Å². The minimum Gasteiger partial charge on any atom is -0.302 e. The van der Waals surface area contributed by atoms with E-state index in [1.165, 1.54) is 44.9 Å². The minimum atomic E-state index is 0.313. The molecule has 0 bridgehead atoms. The Balaban J connectivity index is 2.83. The van der Waals surface area contributed by atoms with E-state index < -0.39 is 0 Å². The summed E-state index contributed by atoms with van der Waals surface area (Å²) < 4.78 is 0. The highest BCUT2D eigenvalue weighted by atomic mass is 17.2. The van der Waals surface area contributed by atoms with Crippen LogP contribution >= 0.6 is 0 Å². The highest BCUT2D eigenvalue weighted by Crippen LogP contribution is 2.09. The van der Waals surface area contributed by atoms with Crippen molar-refractivity contribution in [3.63, 3.8) is 0 Å². The van der Waals surface area contributed by atoms with Crippen LogP contribution in [0.1, 0.15) is 64.7 Å². The third-order valence-electron chi connectivity index (χ3n) is 2.44. The predicted octanol–water partition coefficient (Wildman–Crippen LogP) is 3.62. The number of carbonyl (C=O) groups is 1. The molecule has 0 aromatic heterocycles. The number of hydrogen-bond donors (Lipinski definition) is 0. The summed E-state index contributed by atoms with van der Waals surface area (Å²) in [5.41, 5.74) is 0. The van der Waals surface area contributed by atoms with Crippen LogP contribution in [-0.2, 0) is 14.6 Å². The Kier molecular flexibility index (Phi) is 12.9. The van der Waals surface area contributed by atoms with Crippen LogP contribution in [0.5, 0.6) is 0 Å². The molecule has 0 aliphatic rings. The molecule has 3 nitrogen and oxygen atoms in total. The van der Waals surface area contributed by atoms with Crippen molar-refractivity contribution in [2.24, 2.45) is 0 Å². The summed E-state index contributed by atoms with van der Waals surface area (Å²) in [6, 6.07) is 0. The Morgan fingerprint density at radius 3 is 1.93 bits per heavy atom. The number of rotatable bonds is 12. The quantitative estimate of drug-likeness (QED) is 0.216. The second-order valence-corrected chi connectivity index (χ2v) is 3.84. The van der Waals surface area contributed by atoms with Crippen LogP contribution in [-0.4, -0.2) is 13.1 Å². The first-order valence-electron chi connectivity index (χ1n) is 6.13. The molecular weight excluding hydrogens is 192 g/mol. The molecule has 0 unspecified atom stereocenters. The van der Waals surface area contributed by atoms with Gasteiger partial charge >= 0.3 is 6.47 Å². The van der Waals surface area contributed by atoms with Gasteiger partial charge in [0.2, 0.25) is 0 Å². The largest absolute Gasteiger partial charge is 0.330 e. The zero-order chi connectivity index (χ0) is 11.2. The Morgan fingerprint density at radius 2 is 1.40 bits per heavy atom. The molecule has 0 heterocycles. The molecule has 0 N–H and O–H groups in total. The molecule has 0 saturated heterocycles. The zero-order valence-corrected chi connectivity index (χ0v) is 9.87. The van der Waals surface area contributed by atoms with Crippen molar-refractivity contribution in [3.8, 4) is 0 Å². The van der Waals surface area contributed by atoms with E-state index in [0.29, 0.717) is 13.1 Å². The van der Waals surface area contributed by atoms with E-state index in [1.54, 1.807) is 0 Å². The molecule has 0 saturated carbocycles. The smallest absolute Gasteiger partial charge is 0.302 e. The van der Waals surface area contributed by atoms with Crippen LogP contribution in [0.15, 0.2) is 0 Å². The second kappa shape index (κ2) is 13.4. The first-order valence-corrected chi connectivity index (χ1v) is 6.13. The first kappa shape index (κ1) is 14.4. The van der Waals surface area contributed by atoms with Gasteiger partial charge in [-0.15, -0.1) is 0 Å². The van der Waals surface area contributed by atoms with Gasteiger partial charge in [-0.3, -0.25) is 4.79 Å². The lowest BCUT2D eigenvalue weighted by Gasteiger charge is -2.01. The Labute approximate surface area is 93.1 Å². The molecule has 15 heavy (non-hydrogen) atoms. The second-order valence-electron chi connectivity index (χ2n) is 3.84.